The summed E-state index contributed by atoms with van der Waals surface area (Å²) in [7, 11) is -3.66. The van der Waals surface area contributed by atoms with Gasteiger partial charge in [0.2, 0.25) is 0 Å². The minimum atomic E-state index is -3.66. The molecule has 6 nitrogen and oxygen atoms in total. The van der Waals surface area contributed by atoms with E-state index >= 15 is 0 Å². The van der Waals surface area contributed by atoms with Crippen LogP contribution in [0.2, 0.25) is 0 Å². The fourth-order valence-corrected chi connectivity index (χ4v) is 4.51. The number of rotatable bonds is 4. The normalized spacial score (nSPS) is 13.3. The van der Waals surface area contributed by atoms with Crippen molar-refractivity contribution in [2.75, 3.05) is 11.3 Å². The fourth-order valence-electron chi connectivity index (χ4n) is 3.40. The molecule has 0 fully saturated rings. The second-order valence-electron chi connectivity index (χ2n) is 6.62. The van der Waals surface area contributed by atoms with E-state index in [4.69, 9.17) is 4.74 Å². The summed E-state index contributed by atoms with van der Waals surface area (Å²) in [5.74, 6) is 0.760. The largest absolute Gasteiger partial charge is 0.493 e. The van der Waals surface area contributed by atoms with Crippen LogP contribution in [-0.2, 0) is 16.4 Å². The number of nitrogens with one attached hydrogen (secondary N) is 1. The number of fused-ring (bicyclic) bond motifs is 2. The molecule has 0 unspecified atom stereocenters. The van der Waals surface area contributed by atoms with Gasteiger partial charge in [0.1, 0.15) is 12.1 Å². The lowest BCUT2D eigenvalue weighted by Crippen LogP contribution is -2.13. The van der Waals surface area contributed by atoms with Crippen LogP contribution in [0.25, 0.3) is 16.7 Å². The van der Waals surface area contributed by atoms with Crippen molar-refractivity contribution in [1.82, 2.24) is 9.55 Å². The molecule has 2 heterocycles. The van der Waals surface area contributed by atoms with E-state index in [1.54, 1.807) is 36.7 Å². The molecule has 0 aliphatic carbocycles. The minimum absolute atomic E-state index is 0.237. The summed E-state index contributed by atoms with van der Waals surface area (Å²) in [5.41, 5.74) is 4.24. The van der Waals surface area contributed by atoms with Crippen molar-refractivity contribution < 1.29 is 13.2 Å². The third kappa shape index (κ3) is 2.90. The number of imidazole rings is 1. The molecule has 1 aliphatic rings. The van der Waals surface area contributed by atoms with Gasteiger partial charge in [-0.3, -0.25) is 9.29 Å². The molecule has 0 amide bonds. The van der Waals surface area contributed by atoms with Crippen molar-refractivity contribution in [1.29, 1.82) is 0 Å². The van der Waals surface area contributed by atoms with Gasteiger partial charge in [0, 0.05) is 17.8 Å². The van der Waals surface area contributed by atoms with E-state index in [0.717, 1.165) is 34.5 Å². The molecule has 0 saturated carbocycles. The average molecular weight is 391 g/mol. The van der Waals surface area contributed by atoms with Gasteiger partial charge in [-0.25, -0.2) is 13.4 Å². The van der Waals surface area contributed by atoms with Gasteiger partial charge in [-0.05, 0) is 60.2 Å². The summed E-state index contributed by atoms with van der Waals surface area (Å²) in [6.45, 7) is 0.594. The Kier molecular flexibility index (Phi) is 3.84. The van der Waals surface area contributed by atoms with Gasteiger partial charge in [0.15, 0.2) is 0 Å². The Morgan fingerprint density at radius 1 is 1.00 bits per heavy atom. The lowest BCUT2D eigenvalue weighted by atomic mass is 10.2. The SMILES string of the molecule is O=S(=O)(Nc1ccc(-n2cnc3ccccc32)cc1)c1ccc2c(c1)CCO2. The Morgan fingerprint density at radius 2 is 1.82 bits per heavy atom. The van der Waals surface area contributed by atoms with Crippen molar-refractivity contribution in [3.63, 3.8) is 0 Å². The highest BCUT2D eigenvalue weighted by Crippen LogP contribution is 2.28. The zero-order valence-corrected chi connectivity index (χ0v) is 15.7. The minimum Gasteiger partial charge on any atom is -0.493 e. The van der Waals surface area contributed by atoms with Crippen LogP contribution >= 0.6 is 0 Å². The second kappa shape index (κ2) is 6.38. The highest BCUT2D eigenvalue weighted by atomic mass is 32.2. The fraction of sp³-hybridized carbons (Fsp3) is 0.0952. The summed E-state index contributed by atoms with van der Waals surface area (Å²) in [4.78, 5) is 4.62. The maximum absolute atomic E-state index is 12.7. The number of benzene rings is 3. The molecule has 3 aromatic carbocycles. The van der Waals surface area contributed by atoms with E-state index in [1.807, 2.05) is 41.0 Å². The predicted octanol–water partition coefficient (Wildman–Crippen LogP) is 3.76. The smallest absolute Gasteiger partial charge is 0.261 e. The van der Waals surface area contributed by atoms with Crippen LogP contribution < -0.4 is 9.46 Å². The van der Waals surface area contributed by atoms with Gasteiger partial charge in [0.25, 0.3) is 10.0 Å². The quantitative estimate of drug-likeness (QED) is 0.575. The summed E-state index contributed by atoms with van der Waals surface area (Å²) < 4.78 is 35.5. The summed E-state index contributed by atoms with van der Waals surface area (Å²) >= 11 is 0. The van der Waals surface area contributed by atoms with Crippen molar-refractivity contribution in [2.45, 2.75) is 11.3 Å². The molecule has 0 bridgehead atoms. The third-order valence-electron chi connectivity index (χ3n) is 4.82. The molecule has 140 valence electrons. The first-order valence-electron chi connectivity index (χ1n) is 8.91. The number of nitrogens with zero attached hydrogens (tertiary/aromatic N) is 2. The number of sulfonamides is 1. The second-order valence-corrected chi connectivity index (χ2v) is 8.31. The first kappa shape index (κ1) is 16.8. The molecular weight excluding hydrogens is 374 g/mol. The molecule has 1 aliphatic heterocycles. The van der Waals surface area contributed by atoms with Crippen LogP contribution in [0.3, 0.4) is 0 Å². The van der Waals surface area contributed by atoms with Crippen LogP contribution in [0.1, 0.15) is 5.56 Å². The first-order chi connectivity index (χ1) is 13.6. The lowest BCUT2D eigenvalue weighted by Gasteiger charge is -2.10. The molecule has 28 heavy (non-hydrogen) atoms. The molecule has 7 heteroatoms. The first-order valence-corrected chi connectivity index (χ1v) is 10.4. The lowest BCUT2D eigenvalue weighted by molar-refractivity contribution is 0.356. The van der Waals surface area contributed by atoms with Gasteiger partial charge in [-0.1, -0.05) is 12.1 Å². The Bertz CT molecular complexity index is 1280. The van der Waals surface area contributed by atoms with Crippen molar-refractivity contribution in [3.8, 4) is 11.4 Å². The number of anilines is 1. The zero-order valence-electron chi connectivity index (χ0n) is 14.9. The molecule has 0 atom stereocenters. The maximum atomic E-state index is 12.7. The van der Waals surface area contributed by atoms with Gasteiger partial charge >= 0.3 is 0 Å². The van der Waals surface area contributed by atoms with Gasteiger partial charge < -0.3 is 4.74 Å². The van der Waals surface area contributed by atoms with Crippen molar-refractivity contribution in [3.05, 3.63) is 78.6 Å². The van der Waals surface area contributed by atoms with Gasteiger partial charge in [0.05, 0.1) is 22.5 Å². The van der Waals surface area contributed by atoms with Crippen LogP contribution in [0.5, 0.6) is 5.75 Å². The maximum Gasteiger partial charge on any atom is 0.261 e. The van der Waals surface area contributed by atoms with Crippen LogP contribution in [0.15, 0.2) is 78.0 Å². The van der Waals surface area contributed by atoms with E-state index in [9.17, 15) is 8.42 Å². The summed E-state index contributed by atoms with van der Waals surface area (Å²) in [6, 6.07) is 20.0. The Morgan fingerprint density at radius 3 is 2.68 bits per heavy atom. The molecule has 1 aromatic heterocycles. The van der Waals surface area contributed by atoms with Crippen molar-refractivity contribution in [2.24, 2.45) is 0 Å². The molecule has 0 spiro atoms. The summed E-state index contributed by atoms with van der Waals surface area (Å²) in [5, 5.41) is 0. The van der Waals surface area contributed by atoms with Crippen molar-refractivity contribution >= 4 is 26.7 Å². The molecule has 0 radical (unpaired) electrons. The summed E-state index contributed by atoms with van der Waals surface area (Å²) in [6.07, 6.45) is 2.49. The highest BCUT2D eigenvalue weighted by molar-refractivity contribution is 7.92. The Hall–Kier alpha value is -3.32. The number of hydrogen-bond acceptors (Lipinski definition) is 4. The molecular formula is C21H17N3O3S. The number of aromatic nitrogens is 2. The highest BCUT2D eigenvalue weighted by Gasteiger charge is 2.19. The number of para-hydroxylation sites is 2. The predicted molar refractivity (Wildman–Crippen MR) is 108 cm³/mol. The van der Waals surface area contributed by atoms with Gasteiger partial charge in [-0.2, -0.15) is 0 Å². The third-order valence-corrected chi connectivity index (χ3v) is 6.20. The monoisotopic (exact) mass is 391 g/mol. The van der Waals surface area contributed by atoms with E-state index < -0.39 is 10.0 Å². The molecule has 1 N–H and O–H groups in total. The van der Waals surface area contributed by atoms with E-state index in [2.05, 4.69) is 9.71 Å². The number of hydrogen-bond donors (Lipinski definition) is 1. The topological polar surface area (TPSA) is 73.2 Å². The standard InChI is InChI=1S/C21H17N3O3S/c25-28(26,18-9-10-21-15(13-18)11-12-27-21)23-16-5-7-17(8-6-16)24-14-22-19-3-1-2-4-20(19)24/h1-10,13-14,23H,11-12H2. The van der Waals surface area contributed by atoms with Gasteiger partial charge in [-0.15, -0.1) is 0 Å². The van der Waals surface area contributed by atoms with E-state index in [1.165, 1.54) is 0 Å². The Labute approximate surface area is 162 Å². The molecule has 4 aromatic rings. The van der Waals surface area contributed by atoms with E-state index in [-0.39, 0.29) is 4.90 Å². The van der Waals surface area contributed by atoms with E-state index in [0.29, 0.717) is 12.3 Å². The van der Waals surface area contributed by atoms with Crippen LogP contribution in [0.4, 0.5) is 5.69 Å². The van der Waals surface area contributed by atoms with Crippen LogP contribution in [-0.4, -0.2) is 24.6 Å². The zero-order chi connectivity index (χ0) is 19.1. The average Bonchev–Trinajstić information content (AvgIpc) is 3.34. The number of ether oxygens (including phenoxy) is 1. The molecule has 0 saturated heterocycles. The Balaban J connectivity index is 1.41. The van der Waals surface area contributed by atoms with Crippen LogP contribution in [0, 0.1) is 0 Å². The molecule has 5 rings (SSSR count).